The zero-order valence-electron chi connectivity index (χ0n) is 22.2. The summed E-state index contributed by atoms with van der Waals surface area (Å²) in [6.07, 6.45) is 0. The van der Waals surface area contributed by atoms with E-state index in [1.54, 1.807) is 55.5 Å². The SMILES string of the molecule is CCOc1ccccc1N(CC(=O)Nc1ccc(S(=O)(=O)Nc2ccc(Cl)cc2)cc1)S(=O)(=O)c1ccc(C)cc1. The fraction of sp³-hybridized carbons (Fsp3) is 0.138. The van der Waals surface area contributed by atoms with Crippen LogP contribution in [-0.4, -0.2) is 35.9 Å². The fourth-order valence-corrected chi connectivity index (χ4v) is 6.47. The maximum atomic E-state index is 13.7. The molecule has 2 N–H and O–H groups in total. The van der Waals surface area contributed by atoms with Gasteiger partial charge in [0.15, 0.2) is 0 Å². The molecule has 0 aliphatic rings. The zero-order valence-corrected chi connectivity index (χ0v) is 24.6. The van der Waals surface area contributed by atoms with Crippen molar-refractivity contribution in [2.24, 2.45) is 0 Å². The average Bonchev–Trinajstić information content (AvgIpc) is 2.94. The number of benzene rings is 4. The number of ether oxygens (including phenoxy) is 1. The van der Waals surface area contributed by atoms with Crippen molar-refractivity contribution in [1.82, 2.24) is 0 Å². The maximum Gasteiger partial charge on any atom is 0.264 e. The molecule has 0 aliphatic carbocycles. The number of aryl methyl sites for hydroxylation is 1. The van der Waals surface area contributed by atoms with Crippen LogP contribution in [0.3, 0.4) is 0 Å². The van der Waals surface area contributed by atoms with Crippen molar-refractivity contribution in [3.63, 3.8) is 0 Å². The Morgan fingerprint density at radius 3 is 2.02 bits per heavy atom. The van der Waals surface area contributed by atoms with E-state index in [1.165, 1.54) is 48.5 Å². The van der Waals surface area contributed by atoms with Gasteiger partial charge in [0, 0.05) is 16.4 Å². The molecule has 0 spiro atoms. The minimum atomic E-state index is -4.16. The molecule has 9 nitrogen and oxygen atoms in total. The van der Waals surface area contributed by atoms with E-state index < -0.39 is 32.5 Å². The van der Waals surface area contributed by atoms with Crippen LogP contribution in [0.2, 0.25) is 5.02 Å². The normalized spacial score (nSPS) is 11.5. The van der Waals surface area contributed by atoms with Crippen molar-refractivity contribution in [3.8, 4) is 5.75 Å². The van der Waals surface area contributed by atoms with Gasteiger partial charge in [-0.3, -0.25) is 13.8 Å². The highest BCUT2D eigenvalue weighted by Crippen LogP contribution is 2.32. The zero-order chi connectivity index (χ0) is 29.6. The second-order valence-corrected chi connectivity index (χ2v) is 12.9. The molecule has 0 atom stereocenters. The van der Waals surface area contributed by atoms with E-state index in [0.717, 1.165) is 9.87 Å². The lowest BCUT2D eigenvalue weighted by atomic mass is 10.2. The molecule has 0 aliphatic heterocycles. The molecule has 1 amide bonds. The lowest BCUT2D eigenvalue weighted by molar-refractivity contribution is -0.114. The molecule has 0 saturated carbocycles. The minimum absolute atomic E-state index is 0.0185. The summed E-state index contributed by atoms with van der Waals surface area (Å²) in [6, 6.07) is 24.6. The number of hydrogen-bond acceptors (Lipinski definition) is 6. The number of rotatable bonds is 11. The Kier molecular flexibility index (Phi) is 9.21. The minimum Gasteiger partial charge on any atom is -0.492 e. The molecule has 214 valence electrons. The van der Waals surface area contributed by atoms with E-state index in [2.05, 4.69) is 10.0 Å². The summed E-state index contributed by atoms with van der Waals surface area (Å²) >= 11 is 5.85. The van der Waals surface area contributed by atoms with Gasteiger partial charge < -0.3 is 10.1 Å². The Morgan fingerprint density at radius 1 is 0.805 bits per heavy atom. The highest BCUT2D eigenvalue weighted by atomic mass is 35.5. The van der Waals surface area contributed by atoms with Crippen molar-refractivity contribution in [1.29, 1.82) is 0 Å². The predicted octanol–water partition coefficient (Wildman–Crippen LogP) is 5.68. The second-order valence-electron chi connectivity index (χ2n) is 8.91. The second kappa shape index (κ2) is 12.6. The van der Waals surface area contributed by atoms with Crippen LogP contribution < -0.4 is 19.1 Å². The Bertz CT molecular complexity index is 1730. The molecule has 0 radical (unpaired) electrons. The molecule has 0 saturated heterocycles. The van der Waals surface area contributed by atoms with Gasteiger partial charge in [-0.2, -0.15) is 0 Å². The van der Waals surface area contributed by atoms with Gasteiger partial charge >= 0.3 is 0 Å². The van der Waals surface area contributed by atoms with Gasteiger partial charge in [0.25, 0.3) is 20.0 Å². The summed E-state index contributed by atoms with van der Waals surface area (Å²) in [5, 5.41) is 3.12. The number of amides is 1. The number of carbonyl (C=O) groups is 1. The number of halogens is 1. The first-order chi connectivity index (χ1) is 19.5. The molecular weight excluding hydrogens is 586 g/mol. The number of anilines is 3. The van der Waals surface area contributed by atoms with Gasteiger partial charge in [-0.05, 0) is 86.6 Å². The first-order valence-electron chi connectivity index (χ1n) is 12.5. The molecule has 0 heterocycles. The van der Waals surface area contributed by atoms with Crippen LogP contribution >= 0.6 is 11.6 Å². The molecular formula is C29H28ClN3O6S2. The molecule has 4 aromatic carbocycles. The predicted molar refractivity (Wildman–Crippen MR) is 161 cm³/mol. The summed E-state index contributed by atoms with van der Waals surface area (Å²) in [6.45, 7) is 3.36. The number of hydrogen-bond donors (Lipinski definition) is 2. The highest BCUT2D eigenvalue weighted by Gasteiger charge is 2.29. The number of carbonyl (C=O) groups excluding carboxylic acids is 1. The van der Waals surface area contributed by atoms with Crippen molar-refractivity contribution in [3.05, 3.63) is 108 Å². The van der Waals surface area contributed by atoms with Gasteiger partial charge in [-0.1, -0.05) is 41.4 Å². The summed E-state index contributed by atoms with van der Waals surface area (Å²) in [4.78, 5) is 13.1. The van der Waals surface area contributed by atoms with Gasteiger partial charge in [-0.15, -0.1) is 0 Å². The quantitative estimate of drug-likeness (QED) is 0.224. The first kappa shape index (κ1) is 29.9. The molecule has 41 heavy (non-hydrogen) atoms. The van der Waals surface area contributed by atoms with Gasteiger partial charge in [0.2, 0.25) is 5.91 Å². The van der Waals surface area contributed by atoms with E-state index in [-0.39, 0.29) is 21.2 Å². The molecule has 4 aromatic rings. The molecule has 0 bridgehead atoms. The van der Waals surface area contributed by atoms with Crippen LogP contribution in [0.5, 0.6) is 5.75 Å². The van der Waals surface area contributed by atoms with E-state index in [0.29, 0.717) is 23.1 Å². The van der Waals surface area contributed by atoms with E-state index in [4.69, 9.17) is 16.3 Å². The van der Waals surface area contributed by atoms with Crippen LogP contribution in [0.15, 0.2) is 107 Å². The fourth-order valence-electron chi connectivity index (χ4n) is 3.86. The first-order valence-corrected chi connectivity index (χ1v) is 15.8. The molecule has 0 fully saturated rings. The maximum absolute atomic E-state index is 13.7. The summed E-state index contributed by atoms with van der Waals surface area (Å²) in [7, 11) is -8.06. The summed E-state index contributed by atoms with van der Waals surface area (Å²) < 4.78 is 62.1. The van der Waals surface area contributed by atoms with E-state index >= 15 is 0 Å². The Morgan fingerprint density at radius 2 is 1.39 bits per heavy atom. The van der Waals surface area contributed by atoms with E-state index in [9.17, 15) is 21.6 Å². The van der Waals surface area contributed by atoms with Crippen LogP contribution in [0.4, 0.5) is 17.1 Å². The van der Waals surface area contributed by atoms with Crippen LogP contribution in [0.1, 0.15) is 12.5 Å². The lowest BCUT2D eigenvalue weighted by Crippen LogP contribution is -2.38. The van der Waals surface area contributed by atoms with Gasteiger partial charge in [-0.25, -0.2) is 16.8 Å². The van der Waals surface area contributed by atoms with Crippen molar-refractivity contribution in [2.45, 2.75) is 23.6 Å². The third kappa shape index (κ3) is 7.37. The standard InChI is InChI=1S/C29H28ClN3O6S2/c1-3-39-28-7-5-4-6-27(28)33(41(37,38)26-16-8-21(2)9-17-26)20-29(34)31-23-14-18-25(19-15-23)40(35,36)32-24-12-10-22(30)11-13-24/h4-19,32H,3,20H2,1-2H3,(H,31,34). The Labute approximate surface area is 244 Å². The monoisotopic (exact) mass is 613 g/mol. The van der Waals surface area contributed by atoms with Crippen LogP contribution in [-0.2, 0) is 24.8 Å². The molecule has 0 unspecified atom stereocenters. The van der Waals surface area contributed by atoms with Crippen LogP contribution in [0, 0.1) is 6.92 Å². The third-order valence-corrected chi connectivity index (χ3v) is 9.30. The average molecular weight is 614 g/mol. The topological polar surface area (TPSA) is 122 Å². The van der Waals surface area contributed by atoms with Crippen molar-refractivity contribution >= 4 is 54.6 Å². The van der Waals surface area contributed by atoms with E-state index in [1.807, 2.05) is 6.92 Å². The molecule has 12 heteroatoms. The smallest absolute Gasteiger partial charge is 0.264 e. The summed E-state index contributed by atoms with van der Waals surface area (Å²) in [5.41, 5.74) is 1.72. The number of para-hydroxylation sites is 2. The van der Waals surface area contributed by atoms with Crippen molar-refractivity contribution in [2.75, 3.05) is 27.5 Å². The molecule has 4 rings (SSSR count). The third-order valence-electron chi connectivity index (χ3n) is 5.87. The number of nitrogens with one attached hydrogen (secondary N) is 2. The van der Waals surface area contributed by atoms with Gasteiger partial charge in [0.1, 0.15) is 12.3 Å². The molecule has 0 aromatic heterocycles. The van der Waals surface area contributed by atoms with Gasteiger partial charge in [0.05, 0.1) is 22.1 Å². The largest absolute Gasteiger partial charge is 0.492 e. The Balaban J connectivity index is 1.56. The number of sulfonamides is 2. The lowest BCUT2D eigenvalue weighted by Gasteiger charge is -2.26. The number of nitrogens with zero attached hydrogens (tertiary/aromatic N) is 1. The summed E-state index contributed by atoms with van der Waals surface area (Å²) in [5.74, 6) is -0.330. The van der Waals surface area contributed by atoms with Crippen molar-refractivity contribution < 1.29 is 26.4 Å². The Hall–Kier alpha value is -4.06. The highest BCUT2D eigenvalue weighted by molar-refractivity contribution is 7.93. The van der Waals surface area contributed by atoms with Crippen LogP contribution in [0.25, 0.3) is 0 Å².